The van der Waals surface area contributed by atoms with E-state index in [0.29, 0.717) is 17.0 Å². The maximum atomic E-state index is 13.7. The van der Waals surface area contributed by atoms with Crippen LogP contribution in [0, 0.1) is 11.6 Å². The monoisotopic (exact) mass is 359 g/mol. The summed E-state index contributed by atoms with van der Waals surface area (Å²) < 4.78 is 27.5. The third-order valence-corrected chi connectivity index (χ3v) is 4.05. The quantitative estimate of drug-likeness (QED) is 0.819. The van der Waals surface area contributed by atoms with Gasteiger partial charge in [-0.15, -0.1) is 0 Å². The van der Waals surface area contributed by atoms with Crippen molar-refractivity contribution in [3.63, 3.8) is 0 Å². The Hall–Kier alpha value is -0.970. The number of nitrogens with one attached hydrogen (secondary N) is 1. The molecule has 0 fully saturated rings. The first kappa shape index (κ1) is 15.4. The summed E-state index contributed by atoms with van der Waals surface area (Å²) >= 11 is 9.37. The molecule has 1 nitrogen and oxygen atoms in total. The minimum absolute atomic E-state index is 0.0957. The van der Waals surface area contributed by atoms with E-state index in [-0.39, 0.29) is 6.04 Å². The van der Waals surface area contributed by atoms with Gasteiger partial charge in [0.1, 0.15) is 11.6 Å². The van der Waals surface area contributed by atoms with Crippen LogP contribution in [0.25, 0.3) is 0 Å². The minimum Gasteiger partial charge on any atom is -0.313 e. The molecule has 20 heavy (non-hydrogen) atoms. The van der Waals surface area contributed by atoms with Gasteiger partial charge in [0, 0.05) is 21.6 Å². The fraction of sp³-hybridized carbons (Fsp3) is 0.200. The lowest BCUT2D eigenvalue weighted by molar-refractivity contribution is 0.540. The largest absolute Gasteiger partial charge is 0.313 e. The van der Waals surface area contributed by atoms with Crippen LogP contribution in [0.15, 0.2) is 40.9 Å². The molecule has 0 saturated carbocycles. The molecule has 2 rings (SSSR count). The van der Waals surface area contributed by atoms with E-state index in [1.807, 2.05) is 6.07 Å². The third kappa shape index (κ3) is 3.57. The molecule has 0 aromatic heterocycles. The smallest absolute Gasteiger partial charge is 0.129 e. The Labute approximate surface area is 130 Å². The minimum atomic E-state index is -0.570. The molecular weight excluding hydrogens is 348 g/mol. The fourth-order valence-corrected chi connectivity index (χ4v) is 3.02. The summed E-state index contributed by atoms with van der Waals surface area (Å²) in [6.07, 6.45) is 0.419. The lowest BCUT2D eigenvalue weighted by Gasteiger charge is -2.19. The van der Waals surface area contributed by atoms with Crippen molar-refractivity contribution in [3.8, 4) is 0 Å². The Balaban J connectivity index is 2.28. The molecule has 2 aromatic rings. The van der Waals surface area contributed by atoms with Crippen LogP contribution in [0.4, 0.5) is 8.78 Å². The second kappa shape index (κ2) is 6.66. The second-order valence-electron chi connectivity index (χ2n) is 4.45. The SMILES string of the molecule is CNC(Cc1ccc(F)cc1F)c1ccc(Cl)cc1Br. The van der Waals surface area contributed by atoms with Crippen LogP contribution < -0.4 is 5.32 Å². The average molecular weight is 361 g/mol. The highest BCUT2D eigenvalue weighted by Gasteiger charge is 2.16. The van der Waals surface area contributed by atoms with E-state index < -0.39 is 11.6 Å². The molecular formula is C15H13BrClF2N. The fourth-order valence-electron chi connectivity index (χ4n) is 2.06. The summed E-state index contributed by atoms with van der Waals surface area (Å²) in [7, 11) is 1.80. The summed E-state index contributed by atoms with van der Waals surface area (Å²) in [6.45, 7) is 0. The van der Waals surface area contributed by atoms with E-state index in [2.05, 4.69) is 21.2 Å². The Morgan fingerprint density at radius 2 is 1.95 bits per heavy atom. The van der Waals surface area contributed by atoms with E-state index >= 15 is 0 Å². The number of benzene rings is 2. The average Bonchev–Trinajstić information content (AvgIpc) is 2.39. The van der Waals surface area contributed by atoms with Crippen molar-refractivity contribution >= 4 is 27.5 Å². The predicted octanol–water partition coefficient (Wildman–Crippen LogP) is 4.88. The van der Waals surface area contributed by atoms with Gasteiger partial charge in [0.05, 0.1) is 0 Å². The molecule has 0 aliphatic rings. The van der Waals surface area contributed by atoms with Gasteiger partial charge in [0.2, 0.25) is 0 Å². The first-order chi connectivity index (χ1) is 9.51. The van der Waals surface area contributed by atoms with Crippen LogP contribution in [0.2, 0.25) is 5.02 Å². The van der Waals surface area contributed by atoms with Crippen LogP contribution in [0.5, 0.6) is 0 Å². The molecule has 2 aromatic carbocycles. The number of halogens is 4. The molecule has 106 valence electrons. The van der Waals surface area contributed by atoms with Gasteiger partial charge in [0.25, 0.3) is 0 Å². The van der Waals surface area contributed by atoms with Crippen LogP contribution in [-0.4, -0.2) is 7.05 Å². The zero-order valence-electron chi connectivity index (χ0n) is 10.8. The Morgan fingerprint density at radius 1 is 1.20 bits per heavy atom. The summed E-state index contributed by atoms with van der Waals surface area (Å²) in [5.74, 6) is -1.10. The highest BCUT2D eigenvalue weighted by molar-refractivity contribution is 9.10. The maximum Gasteiger partial charge on any atom is 0.129 e. The number of likely N-dealkylation sites (N-methyl/N-ethyl adjacent to an activating group) is 1. The summed E-state index contributed by atoms with van der Waals surface area (Å²) in [5, 5.41) is 3.76. The molecule has 0 heterocycles. The van der Waals surface area contributed by atoms with E-state index in [9.17, 15) is 8.78 Å². The van der Waals surface area contributed by atoms with Gasteiger partial charge in [0.15, 0.2) is 0 Å². The van der Waals surface area contributed by atoms with Crippen LogP contribution >= 0.6 is 27.5 Å². The van der Waals surface area contributed by atoms with Crippen molar-refractivity contribution in [3.05, 3.63) is 68.7 Å². The van der Waals surface area contributed by atoms with Crippen molar-refractivity contribution < 1.29 is 8.78 Å². The Bertz CT molecular complexity index is 619. The van der Waals surface area contributed by atoms with Crippen LogP contribution in [-0.2, 0) is 6.42 Å². The van der Waals surface area contributed by atoms with Gasteiger partial charge in [-0.05, 0) is 42.8 Å². The lowest BCUT2D eigenvalue weighted by Crippen LogP contribution is -2.20. The molecule has 1 atom stereocenters. The molecule has 0 radical (unpaired) electrons. The van der Waals surface area contributed by atoms with Crippen molar-refractivity contribution in [2.75, 3.05) is 7.05 Å². The van der Waals surface area contributed by atoms with Gasteiger partial charge >= 0.3 is 0 Å². The molecule has 1 unspecified atom stereocenters. The summed E-state index contributed by atoms with van der Waals surface area (Å²) in [4.78, 5) is 0. The molecule has 0 amide bonds. The van der Waals surface area contributed by atoms with Crippen LogP contribution in [0.1, 0.15) is 17.2 Å². The maximum absolute atomic E-state index is 13.7. The van der Waals surface area contributed by atoms with Crippen molar-refractivity contribution in [2.24, 2.45) is 0 Å². The number of rotatable bonds is 4. The molecule has 0 aliphatic heterocycles. The first-order valence-electron chi connectivity index (χ1n) is 6.07. The van der Waals surface area contributed by atoms with Crippen molar-refractivity contribution in [2.45, 2.75) is 12.5 Å². The van der Waals surface area contributed by atoms with Gasteiger partial charge in [-0.25, -0.2) is 8.78 Å². The molecule has 1 N–H and O–H groups in total. The zero-order valence-corrected chi connectivity index (χ0v) is 13.1. The summed E-state index contributed by atoms with van der Waals surface area (Å²) in [6, 6.07) is 9.01. The molecule has 0 spiro atoms. The standard InChI is InChI=1S/C15H13BrClF2N/c1-20-15(12-5-3-10(17)7-13(12)16)6-9-2-4-11(18)8-14(9)19/h2-5,7-8,15,20H,6H2,1H3. The second-order valence-corrected chi connectivity index (χ2v) is 5.74. The first-order valence-corrected chi connectivity index (χ1v) is 7.24. The predicted molar refractivity (Wildman–Crippen MR) is 81.0 cm³/mol. The molecule has 0 aliphatic carbocycles. The highest BCUT2D eigenvalue weighted by Crippen LogP contribution is 2.29. The van der Waals surface area contributed by atoms with Crippen LogP contribution in [0.3, 0.4) is 0 Å². The third-order valence-electron chi connectivity index (χ3n) is 3.13. The Kier molecular flexibility index (Phi) is 5.13. The molecule has 0 bridgehead atoms. The van der Waals surface area contributed by atoms with Gasteiger partial charge in [-0.3, -0.25) is 0 Å². The van der Waals surface area contributed by atoms with E-state index in [4.69, 9.17) is 11.6 Å². The number of hydrogen-bond donors (Lipinski definition) is 1. The van der Waals surface area contributed by atoms with Gasteiger partial charge < -0.3 is 5.32 Å². The van der Waals surface area contributed by atoms with E-state index in [0.717, 1.165) is 16.1 Å². The van der Waals surface area contributed by atoms with Gasteiger partial charge in [-0.2, -0.15) is 0 Å². The summed E-state index contributed by atoms with van der Waals surface area (Å²) in [5.41, 5.74) is 1.44. The Morgan fingerprint density at radius 3 is 2.55 bits per heavy atom. The van der Waals surface area contributed by atoms with E-state index in [1.165, 1.54) is 12.1 Å². The zero-order chi connectivity index (χ0) is 14.7. The van der Waals surface area contributed by atoms with Crippen molar-refractivity contribution in [1.29, 1.82) is 0 Å². The lowest BCUT2D eigenvalue weighted by atomic mass is 9.98. The molecule has 0 saturated heterocycles. The molecule has 5 heteroatoms. The normalized spacial score (nSPS) is 12.4. The van der Waals surface area contributed by atoms with Gasteiger partial charge in [-0.1, -0.05) is 39.7 Å². The number of hydrogen-bond acceptors (Lipinski definition) is 1. The van der Waals surface area contributed by atoms with Crippen molar-refractivity contribution in [1.82, 2.24) is 5.32 Å². The topological polar surface area (TPSA) is 12.0 Å². The highest BCUT2D eigenvalue weighted by atomic mass is 79.9. The van der Waals surface area contributed by atoms with E-state index in [1.54, 1.807) is 19.2 Å².